The van der Waals surface area contributed by atoms with E-state index in [1.165, 1.54) is 32.7 Å². The van der Waals surface area contributed by atoms with Crippen LogP contribution < -0.4 is 0 Å². The van der Waals surface area contributed by atoms with Crippen molar-refractivity contribution in [3.8, 4) is 0 Å². The zero-order valence-electron chi connectivity index (χ0n) is 13.8. The van der Waals surface area contributed by atoms with E-state index in [1.54, 1.807) is 12.8 Å². The molecule has 5 aliphatic rings. The molecule has 2 aliphatic heterocycles. The number of hydrogen-bond acceptors (Lipinski definition) is 2. The molecule has 5 rings (SSSR count). The number of hydrogen-bond donors (Lipinski definition) is 0. The molecule has 2 nitrogen and oxygen atoms in total. The highest BCUT2D eigenvalue weighted by molar-refractivity contribution is 5.09. The van der Waals surface area contributed by atoms with Crippen LogP contribution in [-0.4, -0.2) is 48.1 Å². The van der Waals surface area contributed by atoms with Gasteiger partial charge >= 0.3 is 0 Å². The molecule has 6 atom stereocenters. The number of nitrogens with zero attached hydrogens (tertiary/aromatic N) is 2. The summed E-state index contributed by atoms with van der Waals surface area (Å²) in [5, 5.41) is 0. The van der Waals surface area contributed by atoms with E-state index < -0.39 is 0 Å². The molecule has 2 bridgehead atoms. The van der Waals surface area contributed by atoms with E-state index in [0.717, 1.165) is 35.5 Å². The molecule has 2 heteroatoms. The first kappa shape index (κ1) is 13.6. The Morgan fingerprint density at radius 2 is 1.20 bits per heavy atom. The zero-order chi connectivity index (χ0) is 14.1. The Morgan fingerprint density at radius 3 is 1.60 bits per heavy atom. The summed E-state index contributed by atoms with van der Waals surface area (Å²) in [6, 6.07) is 0. The lowest BCUT2D eigenvalue weighted by Gasteiger charge is -2.52. The second kappa shape index (κ2) is 4.46. The molecule has 3 aliphatic carbocycles. The van der Waals surface area contributed by atoms with Gasteiger partial charge in [-0.25, -0.2) is 0 Å². The molecule has 0 spiro atoms. The van der Waals surface area contributed by atoms with Crippen LogP contribution in [-0.2, 0) is 0 Å². The number of fused-ring (bicyclic) bond motifs is 1. The molecule has 0 N–H and O–H groups in total. The van der Waals surface area contributed by atoms with Crippen molar-refractivity contribution in [3.63, 3.8) is 0 Å². The van der Waals surface area contributed by atoms with Crippen molar-refractivity contribution < 1.29 is 0 Å². The Labute approximate surface area is 124 Å². The van der Waals surface area contributed by atoms with E-state index in [1.807, 2.05) is 0 Å². The Hall–Kier alpha value is -0.0800. The molecule has 0 aromatic carbocycles. The molecular formula is C18H32N2. The van der Waals surface area contributed by atoms with Crippen LogP contribution in [0, 0.1) is 35.5 Å². The van der Waals surface area contributed by atoms with Crippen LogP contribution in [0.2, 0.25) is 0 Å². The average molecular weight is 276 g/mol. The summed E-state index contributed by atoms with van der Waals surface area (Å²) in [6.45, 7) is 16.5. The SMILES string of the molecule is CCN1CC2C3CCC(C2C1)C1CN(C(C)(C)C)CC31. The predicted molar refractivity (Wildman–Crippen MR) is 83.6 cm³/mol. The standard InChI is InChI=1S/C18H32N2/c1-5-19-8-14-12-6-7-13(15(14)9-19)17-11-20(10-16(12)17)18(2,3)4/h12-17H,5-11H2,1-4H3. The summed E-state index contributed by atoms with van der Waals surface area (Å²) in [6.07, 6.45) is 3.09. The third kappa shape index (κ3) is 1.83. The molecule has 2 heterocycles. The topological polar surface area (TPSA) is 6.48 Å². The van der Waals surface area contributed by atoms with Gasteiger partial charge in [0.05, 0.1) is 0 Å². The Balaban J connectivity index is 1.58. The van der Waals surface area contributed by atoms with E-state index in [4.69, 9.17) is 0 Å². The van der Waals surface area contributed by atoms with Crippen LogP contribution in [0.5, 0.6) is 0 Å². The van der Waals surface area contributed by atoms with Crippen LogP contribution in [0.15, 0.2) is 0 Å². The smallest absolute Gasteiger partial charge is 0.0125 e. The van der Waals surface area contributed by atoms with Crippen molar-refractivity contribution in [1.82, 2.24) is 9.80 Å². The molecule has 0 aromatic rings. The lowest BCUT2D eigenvalue weighted by Crippen LogP contribution is -2.49. The van der Waals surface area contributed by atoms with Crippen molar-refractivity contribution in [3.05, 3.63) is 0 Å². The first-order chi connectivity index (χ1) is 9.49. The van der Waals surface area contributed by atoms with Gasteiger partial charge in [0.25, 0.3) is 0 Å². The summed E-state index contributed by atoms with van der Waals surface area (Å²) >= 11 is 0. The van der Waals surface area contributed by atoms with Crippen LogP contribution in [0.25, 0.3) is 0 Å². The minimum Gasteiger partial charge on any atom is -0.303 e. The van der Waals surface area contributed by atoms with Gasteiger partial charge in [0.2, 0.25) is 0 Å². The molecule has 0 aromatic heterocycles. The maximum atomic E-state index is 2.80. The second-order valence-electron chi connectivity index (χ2n) is 8.99. The molecule has 2 saturated heterocycles. The quantitative estimate of drug-likeness (QED) is 0.726. The van der Waals surface area contributed by atoms with Crippen molar-refractivity contribution >= 4 is 0 Å². The lowest BCUT2D eigenvalue weighted by atomic mass is 9.52. The fraction of sp³-hybridized carbons (Fsp3) is 1.00. The molecule has 20 heavy (non-hydrogen) atoms. The summed E-state index contributed by atoms with van der Waals surface area (Å²) in [5.74, 6) is 6.28. The van der Waals surface area contributed by atoms with Crippen LogP contribution in [0.3, 0.4) is 0 Å². The number of likely N-dealkylation sites (tertiary alicyclic amines) is 2. The third-order valence-electron chi connectivity index (χ3n) is 7.33. The van der Waals surface area contributed by atoms with E-state index in [2.05, 4.69) is 37.5 Å². The molecule has 5 fully saturated rings. The van der Waals surface area contributed by atoms with Crippen molar-refractivity contribution in [2.45, 2.75) is 46.1 Å². The van der Waals surface area contributed by atoms with Gasteiger partial charge in [-0.1, -0.05) is 6.92 Å². The Kier molecular flexibility index (Phi) is 3.03. The van der Waals surface area contributed by atoms with Crippen molar-refractivity contribution in [2.24, 2.45) is 35.5 Å². The average Bonchev–Trinajstić information content (AvgIpc) is 3.03. The van der Waals surface area contributed by atoms with Crippen LogP contribution in [0.4, 0.5) is 0 Å². The fourth-order valence-electron chi connectivity index (χ4n) is 6.29. The van der Waals surface area contributed by atoms with Gasteiger partial charge in [0.1, 0.15) is 0 Å². The first-order valence-corrected chi connectivity index (χ1v) is 8.96. The van der Waals surface area contributed by atoms with Crippen LogP contribution in [0.1, 0.15) is 40.5 Å². The summed E-state index contributed by atoms with van der Waals surface area (Å²) in [5.41, 5.74) is 0.376. The zero-order valence-corrected chi connectivity index (χ0v) is 13.8. The fourth-order valence-corrected chi connectivity index (χ4v) is 6.29. The molecule has 114 valence electrons. The van der Waals surface area contributed by atoms with E-state index in [0.29, 0.717) is 5.54 Å². The van der Waals surface area contributed by atoms with E-state index in [9.17, 15) is 0 Å². The predicted octanol–water partition coefficient (Wildman–Crippen LogP) is 2.94. The highest BCUT2D eigenvalue weighted by atomic mass is 15.2. The van der Waals surface area contributed by atoms with Gasteiger partial charge in [-0.3, -0.25) is 4.90 Å². The largest absolute Gasteiger partial charge is 0.303 e. The molecule has 3 saturated carbocycles. The monoisotopic (exact) mass is 276 g/mol. The van der Waals surface area contributed by atoms with E-state index in [-0.39, 0.29) is 0 Å². The van der Waals surface area contributed by atoms with Gasteiger partial charge in [-0.2, -0.15) is 0 Å². The maximum absolute atomic E-state index is 2.80. The van der Waals surface area contributed by atoms with Crippen molar-refractivity contribution in [1.29, 1.82) is 0 Å². The summed E-state index contributed by atoms with van der Waals surface area (Å²) < 4.78 is 0. The molecule has 6 unspecified atom stereocenters. The van der Waals surface area contributed by atoms with Gasteiger partial charge in [0.15, 0.2) is 0 Å². The van der Waals surface area contributed by atoms with Crippen LogP contribution >= 0.6 is 0 Å². The molecular weight excluding hydrogens is 244 g/mol. The normalized spacial score (nSPS) is 48.6. The van der Waals surface area contributed by atoms with Gasteiger partial charge in [0, 0.05) is 31.7 Å². The summed E-state index contributed by atoms with van der Waals surface area (Å²) in [4.78, 5) is 5.54. The second-order valence-corrected chi connectivity index (χ2v) is 8.99. The molecule has 0 amide bonds. The summed E-state index contributed by atoms with van der Waals surface area (Å²) in [7, 11) is 0. The maximum Gasteiger partial charge on any atom is 0.0125 e. The lowest BCUT2D eigenvalue weighted by molar-refractivity contribution is -0.0289. The minimum absolute atomic E-state index is 0.376. The minimum atomic E-state index is 0.376. The number of rotatable bonds is 1. The first-order valence-electron chi connectivity index (χ1n) is 8.96. The highest BCUT2D eigenvalue weighted by Crippen LogP contribution is 2.59. The van der Waals surface area contributed by atoms with Crippen molar-refractivity contribution in [2.75, 3.05) is 32.7 Å². The Morgan fingerprint density at radius 1 is 0.750 bits per heavy atom. The van der Waals surface area contributed by atoms with Gasteiger partial charge < -0.3 is 4.90 Å². The Bertz CT molecular complexity index is 357. The van der Waals surface area contributed by atoms with Gasteiger partial charge in [-0.15, -0.1) is 0 Å². The van der Waals surface area contributed by atoms with Gasteiger partial charge in [-0.05, 0) is 75.7 Å². The highest BCUT2D eigenvalue weighted by Gasteiger charge is 2.59. The third-order valence-corrected chi connectivity index (χ3v) is 7.33. The molecule has 0 radical (unpaired) electrons. The van der Waals surface area contributed by atoms with E-state index >= 15 is 0 Å².